The molecule has 4 aromatic rings. The molecule has 3 aromatic carbocycles. The number of aromatic nitrogens is 2. The van der Waals surface area contributed by atoms with Crippen molar-refractivity contribution in [3.63, 3.8) is 0 Å². The van der Waals surface area contributed by atoms with Gasteiger partial charge in [-0.1, -0.05) is 72.8 Å². The Morgan fingerprint density at radius 3 is 2.33 bits per heavy atom. The fourth-order valence-corrected chi connectivity index (χ4v) is 4.95. The first-order chi connectivity index (χ1) is 17.7. The summed E-state index contributed by atoms with van der Waals surface area (Å²) in [4.78, 5) is 16.1. The third-order valence-electron chi connectivity index (χ3n) is 6.78. The highest BCUT2D eigenvalue weighted by molar-refractivity contribution is 6.00. The number of carbonyl (C=O) groups excluding carboxylic acids is 1. The molecule has 6 heteroatoms. The Morgan fingerprint density at radius 1 is 0.944 bits per heavy atom. The Balaban J connectivity index is 1.43. The van der Waals surface area contributed by atoms with E-state index in [9.17, 15) is 4.79 Å². The maximum atomic E-state index is 13.6. The Kier molecular flexibility index (Phi) is 7.43. The van der Waals surface area contributed by atoms with E-state index in [1.807, 2.05) is 59.4 Å². The van der Waals surface area contributed by atoms with Crippen LogP contribution in [0, 0.1) is 0 Å². The van der Waals surface area contributed by atoms with E-state index in [-0.39, 0.29) is 11.9 Å². The van der Waals surface area contributed by atoms with Crippen LogP contribution in [0.3, 0.4) is 0 Å². The monoisotopic (exact) mass is 480 g/mol. The zero-order valence-electron chi connectivity index (χ0n) is 20.6. The van der Waals surface area contributed by atoms with Crippen molar-refractivity contribution in [3.05, 3.63) is 108 Å². The zero-order valence-corrected chi connectivity index (χ0v) is 20.6. The SMILES string of the molecule is COc1ccccc1-c1nn(Cc2ccccc2)cc1C(=O)NCC(c1ccccc1)N1CCCC1. The highest BCUT2D eigenvalue weighted by atomic mass is 16.5. The molecule has 1 aromatic heterocycles. The van der Waals surface area contributed by atoms with E-state index in [0.717, 1.165) is 24.2 Å². The van der Waals surface area contributed by atoms with E-state index in [0.29, 0.717) is 30.1 Å². The van der Waals surface area contributed by atoms with Crippen LogP contribution in [0.15, 0.2) is 91.1 Å². The molecule has 36 heavy (non-hydrogen) atoms. The fourth-order valence-electron chi connectivity index (χ4n) is 4.95. The van der Waals surface area contributed by atoms with E-state index in [2.05, 4.69) is 46.6 Å². The molecule has 184 valence electrons. The molecule has 1 amide bonds. The summed E-state index contributed by atoms with van der Waals surface area (Å²) in [5.41, 5.74) is 4.32. The van der Waals surface area contributed by atoms with E-state index in [1.54, 1.807) is 7.11 Å². The first-order valence-corrected chi connectivity index (χ1v) is 12.5. The highest BCUT2D eigenvalue weighted by Gasteiger charge is 2.26. The lowest BCUT2D eigenvalue weighted by atomic mass is 10.0. The molecule has 0 spiro atoms. The Morgan fingerprint density at radius 2 is 1.61 bits per heavy atom. The predicted octanol–water partition coefficient (Wildman–Crippen LogP) is 5.17. The molecule has 1 atom stereocenters. The van der Waals surface area contributed by atoms with Gasteiger partial charge in [0.25, 0.3) is 5.91 Å². The number of carbonyl (C=O) groups is 1. The van der Waals surface area contributed by atoms with Gasteiger partial charge in [0.1, 0.15) is 11.4 Å². The minimum atomic E-state index is -0.129. The molecule has 1 fully saturated rings. The van der Waals surface area contributed by atoms with Crippen molar-refractivity contribution in [1.29, 1.82) is 0 Å². The first kappa shape index (κ1) is 23.8. The molecular weight excluding hydrogens is 448 g/mol. The third-order valence-corrected chi connectivity index (χ3v) is 6.78. The number of nitrogens with zero attached hydrogens (tertiary/aromatic N) is 3. The van der Waals surface area contributed by atoms with Crippen LogP contribution in [0.4, 0.5) is 0 Å². The molecule has 1 unspecified atom stereocenters. The maximum Gasteiger partial charge on any atom is 0.255 e. The van der Waals surface area contributed by atoms with Crippen LogP contribution in [-0.2, 0) is 6.54 Å². The molecule has 1 N–H and O–H groups in total. The number of methoxy groups -OCH3 is 1. The molecule has 0 radical (unpaired) electrons. The first-order valence-electron chi connectivity index (χ1n) is 12.5. The van der Waals surface area contributed by atoms with E-state index >= 15 is 0 Å². The number of para-hydroxylation sites is 1. The van der Waals surface area contributed by atoms with Gasteiger partial charge >= 0.3 is 0 Å². The molecule has 5 rings (SSSR count). The van der Waals surface area contributed by atoms with Crippen LogP contribution in [0.25, 0.3) is 11.3 Å². The third kappa shape index (κ3) is 5.34. The topological polar surface area (TPSA) is 59.4 Å². The van der Waals surface area contributed by atoms with Crippen LogP contribution in [0.5, 0.6) is 5.75 Å². The number of hydrogen-bond donors (Lipinski definition) is 1. The zero-order chi connectivity index (χ0) is 24.7. The van der Waals surface area contributed by atoms with E-state index < -0.39 is 0 Å². The van der Waals surface area contributed by atoms with E-state index in [4.69, 9.17) is 9.84 Å². The van der Waals surface area contributed by atoms with Crippen molar-refractivity contribution in [2.45, 2.75) is 25.4 Å². The van der Waals surface area contributed by atoms with Gasteiger partial charge in [0, 0.05) is 18.3 Å². The van der Waals surface area contributed by atoms with Crippen molar-refractivity contribution in [3.8, 4) is 17.0 Å². The predicted molar refractivity (Wildman–Crippen MR) is 142 cm³/mol. The second-order valence-corrected chi connectivity index (χ2v) is 9.15. The molecule has 1 aliphatic heterocycles. The molecule has 6 nitrogen and oxygen atoms in total. The molecule has 2 heterocycles. The van der Waals surface area contributed by atoms with Gasteiger partial charge in [-0.05, 0) is 49.2 Å². The smallest absolute Gasteiger partial charge is 0.255 e. The van der Waals surface area contributed by atoms with Crippen LogP contribution in [0.1, 0.15) is 40.4 Å². The molecule has 0 aliphatic carbocycles. The van der Waals surface area contributed by atoms with Gasteiger partial charge < -0.3 is 10.1 Å². The lowest BCUT2D eigenvalue weighted by molar-refractivity contribution is 0.0938. The summed E-state index contributed by atoms with van der Waals surface area (Å²) in [5.74, 6) is 0.561. The highest BCUT2D eigenvalue weighted by Crippen LogP contribution is 2.31. The Bertz CT molecular complexity index is 1280. The van der Waals surface area contributed by atoms with Gasteiger partial charge in [-0.25, -0.2) is 0 Å². The van der Waals surface area contributed by atoms with Gasteiger partial charge in [0.2, 0.25) is 0 Å². The van der Waals surface area contributed by atoms with Gasteiger partial charge in [-0.2, -0.15) is 5.10 Å². The Labute approximate surface area is 212 Å². The number of nitrogens with one attached hydrogen (secondary N) is 1. The van der Waals surface area contributed by atoms with E-state index in [1.165, 1.54) is 18.4 Å². The summed E-state index contributed by atoms with van der Waals surface area (Å²) >= 11 is 0. The van der Waals surface area contributed by atoms with Gasteiger partial charge in [-0.15, -0.1) is 0 Å². The molecule has 0 saturated carbocycles. The summed E-state index contributed by atoms with van der Waals surface area (Å²) in [6.45, 7) is 3.22. The van der Waals surface area contributed by atoms with Crippen LogP contribution >= 0.6 is 0 Å². The van der Waals surface area contributed by atoms with Gasteiger partial charge in [-0.3, -0.25) is 14.4 Å². The average molecular weight is 481 g/mol. The summed E-state index contributed by atoms with van der Waals surface area (Å²) < 4.78 is 7.43. The van der Waals surface area contributed by atoms with Crippen LogP contribution in [-0.4, -0.2) is 47.3 Å². The number of benzene rings is 3. The number of likely N-dealkylation sites (tertiary alicyclic amines) is 1. The lowest BCUT2D eigenvalue weighted by Crippen LogP contribution is -2.36. The number of amides is 1. The standard InChI is InChI=1S/C30H32N4O2/c1-36-28-17-9-8-16-25(28)29-26(22-34(32-29)21-23-12-4-2-5-13-23)30(35)31-20-27(33-18-10-11-19-33)24-14-6-3-7-15-24/h2-9,12-17,22,27H,10-11,18-21H2,1H3,(H,31,35). The molecule has 0 bridgehead atoms. The van der Waals surface area contributed by atoms with Crippen LogP contribution < -0.4 is 10.1 Å². The largest absolute Gasteiger partial charge is 0.496 e. The molecule has 1 saturated heterocycles. The second-order valence-electron chi connectivity index (χ2n) is 9.15. The van der Waals surface area contributed by atoms with Crippen molar-refractivity contribution >= 4 is 5.91 Å². The maximum absolute atomic E-state index is 13.6. The summed E-state index contributed by atoms with van der Waals surface area (Å²) in [7, 11) is 1.64. The van der Waals surface area contributed by atoms with Crippen molar-refractivity contribution < 1.29 is 9.53 Å². The fraction of sp³-hybridized carbons (Fsp3) is 0.267. The van der Waals surface area contributed by atoms with Crippen LogP contribution in [0.2, 0.25) is 0 Å². The Hall–Kier alpha value is -3.90. The summed E-state index contributed by atoms with van der Waals surface area (Å²) in [6, 6.07) is 28.4. The number of rotatable bonds is 9. The quantitative estimate of drug-likeness (QED) is 0.359. The van der Waals surface area contributed by atoms with Gasteiger partial charge in [0.05, 0.1) is 25.3 Å². The second kappa shape index (κ2) is 11.2. The lowest BCUT2D eigenvalue weighted by Gasteiger charge is -2.28. The average Bonchev–Trinajstić information content (AvgIpc) is 3.61. The van der Waals surface area contributed by atoms with Crippen molar-refractivity contribution in [2.24, 2.45) is 0 Å². The normalized spacial score (nSPS) is 14.5. The molecule has 1 aliphatic rings. The van der Waals surface area contributed by atoms with Crippen molar-refractivity contribution in [1.82, 2.24) is 20.0 Å². The number of ether oxygens (including phenoxy) is 1. The minimum absolute atomic E-state index is 0.129. The summed E-state index contributed by atoms with van der Waals surface area (Å²) in [5, 5.41) is 8.06. The minimum Gasteiger partial charge on any atom is -0.496 e. The number of hydrogen-bond acceptors (Lipinski definition) is 4. The van der Waals surface area contributed by atoms with Gasteiger partial charge in [0.15, 0.2) is 0 Å². The summed E-state index contributed by atoms with van der Waals surface area (Å²) in [6.07, 6.45) is 4.24. The van der Waals surface area contributed by atoms with Crippen molar-refractivity contribution in [2.75, 3.05) is 26.7 Å². The molecular formula is C30H32N4O2.